The van der Waals surface area contributed by atoms with Crippen LogP contribution in [0.5, 0.6) is 0 Å². The van der Waals surface area contributed by atoms with Crippen molar-refractivity contribution >= 4 is 77.9 Å². The van der Waals surface area contributed by atoms with Gasteiger partial charge >= 0.3 is 12.1 Å². The topological polar surface area (TPSA) is 139 Å². The van der Waals surface area contributed by atoms with Crippen LogP contribution in [-0.2, 0) is 30.9 Å². The molecule has 322 valence electrons. The number of hydrogen-bond donors (Lipinski definition) is 2. The Hall–Kier alpha value is -5.21. The van der Waals surface area contributed by atoms with Crippen molar-refractivity contribution in [2.75, 3.05) is 27.3 Å². The van der Waals surface area contributed by atoms with Gasteiger partial charge in [0.15, 0.2) is 0 Å². The van der Waals surface area contributed by atoms with E-state index in [1.54, 1.807) is 22.7 Å². The van der Waals surface area contributed by atoms with Crippen LogP contribution in [0.3, 0.4) is 0 Å². The quantitative estimate of drug-likeness (QED) is 0.124. The van der Waals surface area contributed by atoms with Gasteiger partial charge in [0.1, 0.15) is 11.9 Å². The van der Waals surface area contributed by atoms with Gasteiger partial charge in [0.25, 0.3) is 0 Å². The highest BCUT2D eigenvalue weighted by atomic mass is 32.1. The van der Waals surface area contributed by atoms with Crippen molar-refractivity contribution in [2.45, 2.75) is 78.9 Å². The molecule has 12 nitrogen and oxygen atoms in total. The second kappa shape index (κ2) is 16.9. The lowest BCUT2D eigenvalue weighted by Crippen LogP contribution is -2.51. The van der Waals surface area contributed by atoms with Gasteiger partial charge in [0.05, 0.1) is 49.7 Å². The number of aromatic amines is 1. The van der Waals surface area contributed by atoms with E-state index in [-0.39, 0.29) is 54.0 Å². The number of aryl methyl sites for hydroxylation is 1. The van der Waals surface area contributed by atoms with E-state index in [1.165, 1.54) is 33.4 Å². The number of thiophene rings is 2. The van der Waals surface area contributed by atoms with Gasteiger partial charge in [0.2, 0.25) is 11.8 Å². The summed E-state index contributed by atoms with van der Waals surface area (Å²) in [5, 5.41) is 3.87. The van der Waals surface area contributed by atoms with Gasteiger partial charge in [0, 0.05) is 50.5 Å². The van der Waals surface area contributed by atoms with Crippen LogP contribution >= 0.6 is 22.7 Å². The molecule has 2 N–H and O–H groups in total. The lowest BCUT2D eigenvalue weighted by molar-refractivity contribution is -0.148. The molecule has 3 amide bonds. The fourth-order valence-electron chi connectivity index (χ4n) is 9.37. The summed E-state index contributed by atoms with van der Waals surface area (Å²) in [5.74, 6) is 0.417. The minimum absolute atomic E-state index is 0.0173. The Morgan fingerprint density at radius 3 is 2.05 bits per heavy atom. The first-order valence-electron chi connectivity index (χ1n) is 21.3. The third-order valence-electron chi connectivity index (χ3n) is 12.7. The maximum atomic E-state index is 14.0. The first-order chi connectivity index (χ1) is 29.1. The minimum atomic E-state index is -0.696. The molecule has 61 heavy (non-hydrogen) atoms. The van der Waals surface area contributed by atoms with Crippen LogP contribution in [0.2, 0.25) is 0 Å². The van der Waals surface area contributed by atoms with Crippen LogP contribution in [0.15, 0.2) is 54.6 Å². The Morgan fingerprint density at radius 1 is 0.803 bits per heavy atom. The average Bonchev–Trinajstić information content (AvgIpc) is 4.09. The number of imidazole rings is 1. The molecule has 2 fully saturated rings. The standard InChI is InChI=1S/C47H56N6O6S2/c1-24(2)31(19-42(54)58-8)45(55)52-22-26(5)14-36(52)35-17-28-10-11-30(18-34(28)51(35)7)39-21-41-40(61-39)20-38(60-41)29-12-13-32-33(16-29)49-44(48-32)37-15-27(6)23-53(37)46(56)43(25(3)4)50-47(57)59-9/h10-13,16-18,20-21,24-27,31,36-37,43H,14-15,19,22-23H2,1-9H3,(H,48,49)(H,50,57)/t26-,27-,31-,36-,37-,43-/m0/s1. The molecule has 4 aromatic heterocycles. The van der Waals surface area contributed by atoms with Crippen LogP contribution in [0.1, 0.15) is 84.4 Å². The molecule has 2 saturated heterocycles. The maximum absolute atomic E-state index is 14.0. The Kier molecular flexibility index (Phi) is 11.8. The molecule has 0 radical (unpaired) electrons. The summed E-state index contributed by atoms with van der Waals surface area (Å²) in [5.41, 5.74) is 6.25. The highest BCUT2D eigenvalue weighted by Gasteiger charge is 2.41. The van der Waals surface area contributed by atoms with Crippen LogP contribution in [0.4, 0.5) is 4.79 Å². The van der Waals surface area contributed by atoms with Crippen LogP contribution in [0.25, 0.3) is 52.2 Å². The van der Waals surface area contributed by atoms with Crippen molar-refractivity contribution in [2.24, 2.45) is 36.6 Å². The molecule has 2 aromatic carbocycles. The Labute approximate surface area is 364 Å². The van der Waals surface area contributed by atoms with E-state index in [4.69, 9.17) is 14.5 Å². The number of ether oxygens (including phenoxy) is 2. The highest BCUT2D eigenvalue weighted by molar-refractivity contribution is 7.31. The van der Waals surface area contributed by atoms with E-state index >= 15 is 0 Å². The number of carbonyl (C=O) groups excluding carboxylic acids is 4. The Bertz CT molecular complexity index is 2610. The first-order valence-corrected chi connectivity index (χ1v) is 22.9. The number of benzene rings is 2. The molecule has 0 bridgehead atoms. The van der Waals surface area contributed by atoms with Gasteiger partial charge < -0.3 is 34.1 Å². The molecule has 0 aliphatic carbocycles. The number of methoxy groups -OCH3 is 2. The maximum Gasteiger partial charge on any atom is 0.407 e. The van der Waals surface area contributed by atoms with Crippen LogP contribution < -0.4 is 5.32 Å². The normalized spacial score (nSPS) is 20.4. The van der Waals surface area contributed by atoms with E-state index in [2.05, 4.69) is 84.3 Å². The smallest absolute Gasteiger partial charge is 0.407 e. The molecule has 2 aliphatic rings. The summed E-state index contributed by atoms with van der Waals surface area (Å²) in [4.78, 5) is 66.9. The summed E-state index contributed by atoms with van der Waals surface area (Å²) in [6.07, 6.45) is 1.13. The van der Waals surface area contributed by atoms with Gasteiger partial charge in [-0.3, -0.25) is 14.4 Å². The number of H-pyrrole nitrogens is 1. The van der Waals surface area contributed by atoms with E-state index in [1.807, 2.05) is 43.6 Å². The third-order valence-corrected chi connectivity index (χ3v) is 15.1. The van der Waals surface area contributed by atoms with Gasteiger partial charge in [-0.05, 0) is 89.4 Å². The Morgan fingerprint density at radius 2 is 1.43 bits per heavy atom. The van der Waals surface area contributed by atoms with Crippen molar-refractivity contribution in [1.82, 2.24) is 29.7 Å². The highest BCUT2D eigenvalue weighted by Crippen LogP contribution is 2.44. The summed E-state index contributed by atoms with van der Waals surface area (Å²) in [7, 11) is 4.77. The van der Waals surface area contributed by atoms with Crippen molar-refractivity contribution < 1.29 is 28.7 Å². The van der Waals surface area contributed by atoms with E-state index in [9.17, 15) is 19.2 Å². The lowest BCUT2D eigenvalue weighted by Gasteiger charge is -2.30. The van der Waals surface area contributed by atoms with Gasteiger partial charge in [-0.25, -0.2) is 9.78 Å². The molecule has 6 atom stereocenters. The van der Waals surface area contributed by atoms with E-state index in [0.717, 1.165) is 57.4 Å². The molecule has 6 heterocycles. The molecular weight excluding hydrogens is 809 g/mol. The monoisotopic (exact) mass is 864 g/mol. The molecule has 6 aromatic rings. The minimum Gasteiger partial charge on any atom is -0.469 e. The summed E-state index contributed by atoms with van der Waals surface area (Å²) >= 11 is 3.56. The number of nitrogens with one attached hydrogen (secondary N) is 2. The predicted octanol–water partition coefficient (Wildman–Crippen LogP) is 9.70. The molecule has 0 saturated carbocycles. The van der Waals surface area contributed by atoms with Crippen LogP contribution in [0, 0.1) is 29.6 Å². The number of amides is 3. The predicted molar refractivity (Wildman–Crippen MR) is 242 cm³/mol. The number of esters is 1. The van der Waals surface area contributed by atoms with E-state index in [0.29, 0.717) is 19.0 Å². The molecule has 14 heteroatoms. The zero-order valence-electron chi connectivity index (χ0n) is 36.4. The molecule has 8 rings (SSSR count). The largest absolute Gasteiger partial charge is 0.469 e. The second-order valence-electron chi connectivity index (χ2n) is 17.9. The summed E-state index contributed by atoms with van der Waals surface area (Å²) in [6.45, 7) is 13.4. The van der Waals surface area contributed by atoms with Crippen molar-refractivity contribution in [3.63, 3.8) is 0 Å². The number of carbonyl (C=O) groups is 4. The SMILES string of the molecule is COC(=O)C[C@H](C(=O)N1C[C@@H](C)C[C@H]1c1cc2ccc(-c3cc4sc(-c5ccc6nc([C@@H]7C[C@H](C)CN7C(=O)[C@@H](NC(=O)OC)C(C)C)[nH]c6c5)cc4s3)cc2n1C)C(C)C. The number of hydrogen-bond acceptors (Lipinski definition) is 9. The number of likely N-dealkylation sites (tertiary alicyclic amines) is 2. The summed E-state index contributed by atoms with van der Waals surface area (Å²) in [6, 6.07) is 18.7. The number of nitrogens with zero attached hydrogens (tertiary/aromatic N) is 4. The van der Waals surface area contributed by atoms with Crippen molar-refractivity contribution in [3.8, 4) is 20.9 Å². The van der Waals surface area contributed by atoms with E-state index < -0.39 is 18.1 Å². The lowest BCUT2D eigenvalue weighted by atomic mass is 9.90. The fourth-order valence-corrected chi connectivity index (χ4v) is 11.8. The van der Waals surface area contributed by atoms with Crippen molar-refractivity contribution in [3.05, 3.63) is 66.1 Å². The van der Waals surface area contributed by atoms with Gasteiger partial charge in [-0.1, -0.05) is 59.7 Å². The van der Waals surface area contributed by atoms with Crippen LogP contribution in [-0.4, -0.2) is 81.6 Å². The zero-order valence-corrected chi connectivity index (χ0v) is 38.0. The molecular formula is C47H56N6O6S2. The molecule has 2 aliphatic heterocycles. The number of aromatic nitrogens is 3. The molecule has 0 spiro atoms. The average molecular weight is 865 g/mol. The first kappa shape index (κ1) is 42.5. The Balaban J connectivity index is 1.02. The number of fused-ring (bicyclic) bond motifs is 3. The van der Waals surface area contributed by atoms with Crippen molar-refractivity contribution in [1.29, 1.82) is 0 Å². The third kappa shape index (κ3) is 8.16. The van der Waals surface area contributed by atoms with Gasteiger partial charge in [-0.15, -0.1) is 22.7 Å². The second-order valence-corrected chi connectivity index (χ2v) is 20.1. The number of alkyl carbamates (subject to hydrolysis) is 1. The fraction of sp³-hybridized carbons (Fsp3) is 0.468. The zero-order chi connectivity index (χ0) is 43.4. The van der Waals surface area contributed by atoms with Gasteiger partial charge in [-0.2, -0.15) is 0 Å². The molecule has 0 unspecified atom stereocenters. The summed E-state index contributed by atoms with van der Waals surface area (Å²) < 4.78 is 14.4. The number of rotatable bonds is 11.